The SMILES string of the molecule is CNC(CCSC)Cc1ccc(Cl)cc1Cl. The van der Waals surface area contributed by atoms with Crippen LogP contribution in [-0.2, 0) is 6.42 Å². The number of nitrogens with one attached hydrogen (secondary N) is 1. The molecule has 0 bridgehead atoms. The van der Waals surface area contributed by atoms with Gasteiger partial charge in [0.25, 0.3) is 0 Å². The second-order valence-corrected chi connectivity index (χ2v) is 5.54. The highest BCUT2D eigenvalue weighted by molar-refractivity contribution is 7.98. The topological polar surface area (TPSA) is 12.0 Å². The standard InChI is InChI=1S/C12H17Cl2NS/c1-15-11(5-6-16-2)7-9-3-4-10(13)8-12(9)14/h3-4,8,11,15H,5-7H2,1-2H3. The van der Waals surface area contributed by atoms with Gasteiger partial charge in [0.05, 0.1) is 0 Å². The Kier molecular flexibility index (Phi) is 6.59. The molecule has 1 rings (SSSR count). The smallest absolute Gasteiger partial charge is 0.0453 e. The lowest BCUT2D eigenvalue weighted by atomic mass is 10.0. The van der Waals surface area contributed by atoms with Gasteiger partial charge in [0.2, 0.25) is 0 Å². The number of rotatable bonds is 6. The molecule has 0 aliphatic carbocycles. The zero-order valence-corrected chi connectivity index (χ0v) is 11.9. The highest BCUT2D eigenvalue weighted by Gasteiger charge is 2.09. The van der Waals surface area contributed by atoms with E-state index in [0.717, 1.165) is 29.2 Å². The van der Waals surface area contributed by atoms with Crippen LogP contribution in [0.5, 0.6) is 0 Å². The van der Waals surface area contributed by atoms with Crippen molar-refractivity contribution in [2.75, 3.05) is 19.1 Å². The molecule has 0 fully saturated rings. The lowest BCUT2D eigenvalue weighted by Crippen LogP contribution is -2.28. The molecule has 16 heavy (non-hydrogen) atoms. The van der Waals surface area contributed by atoms with Crippen molar-refractivity contribution in [3.63, 3.8) is 0 Å². The molecule has 1 N–H and O–H groups in total. The molecule has 0 aliphatic heterocycles. The fraction of sp³-hybridized carbons (Fsp3) is 0.500. The molecule has 1 atom stereocenters. The largest absolute Gasteiger partial charge is 0.317 e. The average Bonchev–Trinajstić information content (AvgIpc) is 2.27. The molecule has 90 valence electrons. The van der Waals surface area contributed by atoms with E-state index in [1.807, 2.05) is 30.9 Å². The Balaban J connectivity index is 2.62. The minimum Gasteiger partial charge on any atom is -0.317 e. The number of likely N-dealkylation sites (N-methyl/N-ethyl adjacent to an activating group) is 1. The molecule has 0 amide bonds. The Morgan fingerprint density at radius 2 is 2.12 bits per heavy atom. The van der Waals surface area contributed by atoms with Gasteiger partial charge in [-0.2, -0.15) is 11.8 Å². The van der Waals surface area contributed by atoms with E-state index in [4.69, 9.17) is 23.2 Å². The zero-order valence-electron chi connectivity index (χ0n) is 9.59. The molecular weight excluding hydrogens is 261 g/mol. The van der Waals surface area contributed by atoms with E-state index in [9.17, 15) is 0 Å². The molecule has 0 radical (unpaired) electrons. The molecule has 0 aliphatic rings. The first-order chi connectivity index (χ1) is 7.67. The molecule has 0 aromatic heterocycles. The third-order valence-corrected chi connectivity index (χ3v) is 3.79. The minimum atomic E-state index is 0.478. The minimum absolute atomic E-state index is 0.478. The summed E-state index contributed by atoms with van der Waals surface area (Å²) in [4.78, 5) is 0. The summed E-state index contributed by atoms with van der Waals surface area (Å²) in [6, 6.07) is 6.18. The summed E-state index contributed by atoms with van der Waals surface area (Å²) >= 11 is 13.9. The van der Waals surface area contributed by atoms with E-state index in [1.54, 1.807) is 6.07 Å². The number of halogens is 2. The van der Waals surface area contributed by atoms with Gasteiger partial charge in [-0.1, -0.05) is 29.3 Å². The van der Waals surface area contributed by atoms with Crippen LogP contribution in [0.1, 0.15) is 12.0 Å². The molecule has 4 heteroatoms. The van der Waals surface area contributed by atoms with Crippen LogP contribution < -0.4 is 5.32 Å². The highest BCUT2D eigenvalue weighted by Crippen LogP contribution is 2.22. The van der Waals surface area contributed by atoms with Gasteiger partial charge in [-0.3, -0.25) is 0 Å². The highest BCUT2D eigenvalue weighted by atomic mass is 35.5. The molecule has 1 unspecified atom stereocenters. The van der Waals surface area contributed by atoms with Crippen molar-refractivity contribution in [1.82, 2.24) is 5.32 Å². The number of hydrogen-bond donors (Lipinski definition) is 1. The van der Waals surface area contributed by atoms with Crippen LogP contribution in [0.2, 0.25) is 10.0 Å². The van der Waals surface area contributed by atoms with Crippen LogP contribution in [0.15, 0.2) is 18.2 Å². The zero-order chi connectivity index (χ0) is 12.0. The summed E-state index contributed by atoms with van der Waals surface area (Å²) in [6.07, 6.45) is 4.23. The van der Waals surface area contributed by atoms with Gasteiger partial charge in [-0.25, -0.2) is 0 Å². The number of thioether (sulfide) groups is 1. The van der Waals surface area contributed by atoms with E-state index in [1.165, 1.54) is 0 Å². The monoisotopic (exact) mass is 277 g/mol. The van der Waals surface area contributed by atoms with Crippen LogP contribution in [0.25, 0.3) is 0 Å². The maximum atomic E-state index is 6.15. The second-order valence-electron chi connectivity index (χ2n) is 3.71. The van der Waals surface area contributed by atoms with Crippen molar-refractivity contribution in [2.24, 2.45) is 0 Å². The first-order valence-corrected chi connectivity index (χ1v) is 7.42. The first kappa shape index (κ1) is 14.2. The third kappa shape index (κ3) is 4.54. The van der Waals surface area contributed by atoms with Crippen LogP contribution in [-0.4, -0.2) is 25.1 Å². The van der Waals surface area contributed by atoms with Crippen molar-refractivity contribution in [3.05, 3.63) is 33.8 Å². The van der Waals surface area contributed by atoms with Crippen LogP contribution >= 0.6 is 35.0 Å². The van der Waals surface area contributed by atoms with Crippen LogP contribution in [0.4, 0.5) is 0 Å². The van der Waals surface area contributed by atoms with E-state index in [-0.39, 0.29) is 0 Å². The summed E-state index contributed by atoms with van der Waals surface area (Å²) in [6.45, 7) is 0. The molecule has 0 saturated carbocycles. The lowest BCUT2D eigenvalue weighted by molar-refractivity contribution is 0.547. The van der Waals surface area contributed by atoms with Gasteiger partial charge in [0.15, 0.2) is 0 Å². The van der Waals surface area contributed by atoms with Gasteiger partial charge in [0, 0.05) is 16.1 Å². The van der Waals surface area contributed by atoms with Crippen LogP contribution in [0, 0.1) is 0 Å². The Hall–Kier alpha value is 0.110. The summed E-state index contributed by atoms with van der Waals surface area (Å²) in [5.41, 5.74) is 1.16. The summed E-state index contributed by atoms with van der Waals surface area (Å²) in [5, 5.41) is 4.78. The van der Waals surface area contributed by atoms with E-state index < -0.39 is 0 Å². The Morgan fingerprint density at radius 1 is 1.38 bits per heavy atom. The van der Waals surface area contributed by atoms with Crippen molar-refractivity contribution in [1.29, 1.82) is 0 Å². The van der Waals surface area contributed by atoms with Crippen molar-refractivity contribution in [3.8, 4) is 0 Å². The average molecular weight is 278 g/mol. The Labute approximate surface area is 112 Å². The number of benzene rings is 1. The second kappa shape index (κ2) is 7.44. The Morgan fingerprint density at radius 3 is 2.69 bits per heavy atom. The normalized spacial score (nSPS) is 12.8. The molecule has 0 heterocycles. The molecule has 0 spiro atoms. The molecule has 0 saturated heterocycles. The summed E-state index contributed by atoms with van der Waals surface area (Å²) < 4.78 is 0. The van der Waals surface area contributed by atoms with Crippen molar-refractivity contribution >= 4 is 35.0 Å². The van der Waals surface area contributed by atoms with Gasteiger partial charge in [0.1, 0.15) is 0 Å². The van der Waals surface area contributed by atoms with Gasteiger partial charge in [-0.05, 0) is 49.6 Å². The molecule has 1 aromatic carbocycles. The lowest BCUT2D eigenvalue weighted by Gasteiger charge is -2.16. The summed E-state index contributed by atoms with van der Waals surface area (Å²) in [7, 11) is 1.99. The molecule has 1 aromatic rings. The van der Waals surface area contributed by atoms with E-state index in [0.29, 0.717) is 11.1 Å². The fourth-order valence-corrected chi connectivity index (χ4v) is 2.57. The predicted molar refractivity (Wildman–Crippen MR) is 76.0 cm³/mol. The first-order valence-electron chi connectivity index (χ1n) is 5.27. The molecule has 1 nitrogen and oxygen atoms in total. The van der Waals surface area contributed by atoms with E-state index >= 15 is 0 Å². The van der Waals surface area contributed by atoms with Crippen molar-refractivity contribution in [2.45, 2.75) is 18.9 Å². The maximum absolute atomic E-state index is 6.15. The molecular formula is C12H17Cl2NS. The Bertz CT molecular complexity index is 331. The third-order valence-electron chi connectivity index (χ3n) is 2.56. The van der Waals surface area contributed by atoms with Crippen molar-refractivity contribution < 1.29 is 0 Å². The maximum Gasteiger partial charge on any atom is 0.0453 e. The quantitative estimate of drug-likeness (QED) is 0.847. The van der Waals surface area contributed by atoms with Gasteiger partial charge < -0.3 is 5.32 Å². The van der Waals surface area contributed by atoms with E-state index in [2.05, 4.69) is 11.6 Å². The predicted octanol–water partition coefficient (Wildman–Crippen LogP) is 3.88. The fourth-order valence-electron chi connectivity index (χ4n) is 1.56. The summed E-state index contributed by atoms with van der Waals surface area (Å²) in [5.74, 6) is 1.16. The number of hydrogen-bond acceptors (Lipinski definition) is 2. The van der Waals surface area contributed by atoms with Gasteiger partial charge >= 0.3 is 0 Å². The van der Waals surface area contributed by atoms with Gasteiger partial charge in [-0.15, -0.1) is 0 Å². The van der Waals surface area contributed by atoms with Crippen LogP contribution in [0.3, 0.4) is 0 Å².